The molecule has 0 bridgehead atoms. The Balaban J connectivity index is 3.08. The molecule has 0 spiro atoms. The van der Waals surface area contributed by atoms with E-state index in [1.807, 2.05) is 27.7 Å². The number of carbonyl (C=O) groups is 1. The third kappa shape index (κ3) is 3.99. The summed E-state index contributed by atoms with van der Waals surface area (Å²) in [6.45, 7) is 8.61. The van der Waals surface area contributed by atoms with E-state index >= 15 is 0 Å². The molecule has 5 heteroatoms. The third-order valence-corrected chi connectivity index (χ3v) is 2.72. The number of halogens is 3. The highest BCUT2D eigenvalue weighted by molar-refractivity contribution is 5.94. The van der Waals surface area contributed by atoms with Crippen LogP contribution in [0.4, 0.5) is 13.2 Å². The Morgan fingerprint density at radius 1 is 1.00 bits per heavy atom. The van der Waals surface area contributed by atoms with E-state index in [2.05, 4.69) is 0 Å². The smallest absolute Gasteiger partial charge is 0.256 e. The lowest BCUT2D eigenvalue weighted by molar-refractivity contribution is 0.0709. The summed E-state index contributed by atoms with van der Waals surface area (Å²) in [5.74, 6) is -4.53. The van der Waals surface area contributed by atoms with Crippen LogP contribution in [0.2, 0.25) is 0 Å². The predicted molar refractivity (Wildman–Crippen MR) is 71.9 cm³/mol. The molecule has 2 nitrogen and oxygen atoms in total. The van der Waals surface area contributed by atoms with Gasteiger partial charge in [0.1, 0.15) is 0 Å². The quantitative estimate of drug-likeness (QED) is 0.753. The minimum atomic E-state index is -1.61. The van der Waals surface area contributed by atoms with Crippen LogP contribution in [0.25, 0.3) is 0 Å². The Morgan fingerprint density at radius 2 is 1.50 bits per heavy atom. The zero-order chi connectivity index (χ0) is 15.4. The van der Waals surface area contributed by atoms with Gasteiger partial charge in [0.25, 0.3) is 5.91 Å². The molecule has 0 saturated heterocycles. The summed E-state index contributed by atoms with van der Waals surface area (Å²) < 4.78 is 39.8. The van der Waals surface area contributed by atoms with E-state index in [-0.39, 0.29) is 11.8 Å². The summed E-state index contributed by atoms with van der Waals surface area (Å²) in [5, 5.41) is 0. The fourth-order valence-corrected chi connectivity index (χ4v) is 1.98. The normalized spacial score (nSPS) is 11.2. The number of nitrogens with zero attached hydrogens (tertiary/aromatic N) is 1. The monoisotopic (exact) mass is 287 g/mol. The molecule has 1 aromatic carbocycles. The lowest BCUT2D eigenvalue weighted by atomic mass is 10.1. The Labute approximate surface area is 117 Å². The van der Waals surface area contributed by atoms with Gasteiger partial charge in [-0.25, -0.2) is 13.2 Å². The first kappa shape index (κ1) is 16.5. The van der Waals surface area contributed by atoms with Gasteiger partial charge in [0.05, 0.1) is 5.56 Å². The average molecular weight is 287 g/mol. The summed E-state index contributed by atoms with van der Waals surface area (Å²) in [6, 6.07) is 1.76. The third-order valence-electron chi connectivity index (χ3n) is 2.72. The van der Waals surface area contributed by atoms with Crippen molar-refractivity contribution in [2.45, 2.75) is 27.7 Å². The lowest BCUT2D eigenvalue weighted by Crippen LogP contribution is -2.37. The van der Waals surface area contributed by atoms with Crippen molar-refractivity contribution in [2.24, 2.45) is 11.8 Å². The number of hydrogen-bond acceptors (Lipinski definition) is 1. The highest BCUT2D eigenvalue weighted by Crippen LogP contribution is 2.18. The van der Waals surface area contributed by atoms with E-state index in [1.54, 1.807) is 0 Å². The van der Waals surface area contributed by atoms with Gasteiger partial charge in [0, 0.05) is 13.1 Å². The van der Waals surface area contributed by atoms with Gasteiger partial charge >= 0.3 is 0 Å². The molecule has 0 aliphatic carbocycles. The Morgan fingerprint density at radius 3 is 1.95 bits per heavy atom. The van der Waals surface area contributed by atoms with Crippen molar-refractivity contribution in [1.82, 2.24) is 4.90 Å². The second-order valence-corrected chi connectivity index (χ2v) is 5.72. The van der Waals surface area contributed by atoms with Crippen LogP contribution in [0.1, 0.15) is 38.1 Å². The molecule has 0 unspecified atom stereocenters. The summed E-state index contributed by atoms with van der Waals surface area (Å²) >= 11 is 0. The zero-order valence-corrected chi connectivity index (χ0v) is 12.2. The fourth-order valence-electron chi connectivity index (χ4n) is 1.98. The van der Waals surface area contributed by atoms with Crippen molar-refractivity contribution in [3.8, 4) is 0 Å². The van der Waals surface area contributed by atoms with Gasteiger partial charge in [-0.15, -0.1) is 0 Å². The molecule has 112 valence electrons. The molecular formula is C15H20F3NO. The SMILES string of the molecule is CC(C)CN(CC(C)C)C(=O)c1ccc(F)c(F)c1F. The molecule has 0 N–H and O–H groups in total. The van der Waals surface area contributed by atoms with Crippen LogP contribution < -0.4 is 0 Å². The van der Waals surface area contributed by atoms with Gasteiger partial charge < -0.3 is 4.90 Å². The molecule has 20 heavy (non-hydrogen) atoms. The Kier molecular flexibility index (Phi) is 5.60. The predicted octanol–water partition coefficient (Wildman–Crippen LogP) is 3.86. The van der Waals surface area contributed by atoms with E-state index in [4.69, 9.17) is 0 Å². The minimum Gasteiger partial charge on any atom is -0.338 e. The summed E-state index contributed by atoms with van der Waals surface area (Å²) in [5.41, 5.74) is -0.426. The summed E-state index contributed by atoms with van der Waals surface area (Å²) in [6.07, 6.45) is 0. The van der Waals surface area contributed by atoms with Gasteiger partial charge in [-0.3, -0.25) is 4.79 Å². The summed E-state index contributed by atoms with van der Waals surface area (Å²) in [4.78, 5) is 13.8. The van der Waals surface area contributed by atoms with Crippen LogP contribution in [0.3, 0.4) is 0 Å². The maximum absolute atomic E-state index is 13.7. The van der Waals surface area contributed by atoms with E-state index in [0.29, 0.717) is 13.1 Å². The highest BCUT2D eigenvalue weighted by Gasteiger charge is 2.24. The molecule has 1 aromatic rings. The Hall–Kier alpha value is -1.52. The molecule has 0 aliphatic heterocycles. The highest BCUT2D eigenvalue weighted by atomic mass is 19.2. The molecule has 0 saturated carbocycles. The first-order chi connectivity index (χ1) is 9.23. The molecule has 0 aliphatic rings. The van der Waals surface area contributed by atoms with Crippen molar-refractivity contribution in [2.75, 3.05) is 13.1 Å². The van der Waals surface area contributed by atoms with Crippen LogP contribution in [0, 0.1) is 29.3 Å². The van der Waals surface area contributed by atoms with Gasteiger partial charge in [-0.2, -0.15) is 0 Å². The van der Waals surface area contributed by atoms with Gasteiger partial charge in [0.2, 0.25) is 0 Å². The Bertz CT molecular complexity index is 476. The van der Waals surface area contributed by atoms with Crippen molar-refractivity contribution < 1.29 is 18.0 Å². The second kappa shape index (κ2) is 6.77. The molecule has 1 rings (SSSR count). The molecule has 1 amide bonds. The molecular weight excluding hydrogens is 267 g/mol. The average Bonchev–Trinajstić information content (AvgIpc) is 2.33. The van der Waals surface area contributed by atoms with E-state index in [1.165, 1.54) is 4.90 Å². The van der Waals surface area contributed by atoms with E-state index < -0.39 is 28.9 Å². The standard InChI is InChI=1S/C15H20F3NO/c1-9(2)7-19(8-10(3)4)15(20)11-5-6-12(16)14(18)13(11)17/h5-6,9-10H,7-8H2,1-4H3. The lowest BCUT2D eigenvalue weighted by Gasteiger charge is -2.26. The number of amides is 1. The van der Waals surface area contributed by atoms with Crippen molar-refractivity contribution in [3.63, 3.8) is 0 Å². The first-order valence-corrected chi connectivity index (χ1v) is 6.66. The van der Waals surface area contributed by atoms with Crippen molar-refractivity contribution >= 4 is 5.91 Å². The second-order valence-electron chi connectivity index (χ2n) is 5.72. The van der Waals surface area contributed by atoms with E-state index in [9.17, 15) is 18.0 Å². The van der Waals surface area contributed by atoms with E-state index in [0.717, 1.165) is 12.1 Å². The van der Waals surface area contributed by atoms with Crippen LogP contribution in [-0.4, -0.2) is 23.9 Å². The van der Waals surface area contributed by atoms with Gasteiger partial charge in [-0.05, 0) is 24.0 Å². The van der Waals surface area contributed by atoms with Crippen molar-refractivity contribution in [3.05, 3.63) is 35.1 Å². The largest absolute Gasteiger partial charge is 0.338 e. The number of hydrogen-bond donors (Lipinski definition) is 0. The maximum atomic E-state index is 13.7. The van der Waals surface area contributed by atoms with Gasteiger partial charge in [-0.1, -0.05) is 27.7 Å². The first-order valence-electron chi connectivity index (χ1n) is 6.66. The molecule has 0 heterocycles. The maximum Gasteiger partial charge on any atom is 0.256 e. The number of benzene rings is 1. The molecule has 0 radical (unpaired) electrons. The number of rotatable bonds is 5. The fraction of sp³-hybridized carbons (Fsp3) is 0.533. The van der Waals surface area contributed by atoms with Crippen LogP contribution >= 0.6 is 0 Å². The zero-order valence-electron chi connectivity index (χ0n) is 12.2. The molecule has 0 fully saturated rings. The van der Waals surface area contributed by atoms with Crippen LogP contribution in [0.5, 0.6) is 0 Å². The van der Waals surface area contributed by atoms with Crippen LogP contribution in [0.15, 0.2) is 12.1 Å². The molecule has 0 atom stereocenters. The van der Waals surface area contributed by atoms with Gasteiger partial charge in [0.15, 0.2) is 17.5 Å². The molecule has 0 aromatic heterocycles. The topological polar surface area (TPSA) is 20.3 Å². The minimum absolute atomic E-state index is 0.200. The van der Waals surface area contributed by atoms with Crippen molar-refractivity contribution in [1.29, 1.82) is 0 Å². The number of carbonyl (C=O) groups excluding carboxylic acids is 1. The summed E-state index contributed by atoms with van der Waals surface area (Å²) in [7, 11) is 0. The van der Waals surface area contributed by atoms with Crippen LogP contribution in [-0.2, 0) is 0 Å².